The van der Waals surface area contributed by atoms with Crippen LogP contribution in [0.25, 0.3) is 0 Å². The number of carbonyl (C=O) groups is 1. The summed E-state index contributed by atoms with van der Waals surface area (Å²) in [7, 11) is 0. The van der Waals surface area contributed by atoms with Crippen molar-refractivity contribution in [2.75, 3.05) is 46.0 Å². The van der Waals surface area contributed by atoms with Crippen molar-refractivity contribution in [3.63, 3.8) is 0 Å². The Hall–Kier alpha value is -1.43. The van der Waals surface area contributed by atoms with Gasteiger partial charge in [-0.25, -0.2) is 0 Å². The summed E-state index contributed by atoms with van der Waals surface area (Å²) in [6, 6.07) is 9.12. The van der Waals surface area contributed by atoms with E-state index in [4.69, 9.17) is 9.47 Å². The molecule has 1 aromatic rings. The monoisotopic (exact) mass is 346 g/mol. The van der Waals surface area contributed by atoms with Gasteiger partial charge in [0.1, 0.15) is 6.61 Å². The minimum Gasteiger partial charge on any atom is -0.376 e. The lowest BCUT2D eigenvalue weighted by Gasteiger charge is -2.38. The summed E-state index contributed by atoms with van der Waals surface area (Å²) in [6.45, 7) is 9.26. The lowest BCUT2D eigenvalue weighted by atomic mass is 10.0. The molecule has 25 heavy (non-hydrogen) atoms. The van der Waals surface area contributed by atoms with Crippen LogP contribution in [0.5, 0.6) is 0 Å². The number of hydrogen-bond donors (Lipinski definition) is 0. The Bertz CT molecular complexity index is 547. The molecule has 0 saturated carbocycles. The standard InChI is InChI=1S/C20H30N2O3/c1-16-5-7-18(8-6-16)17(2)21-9-11-22(12-10-21)20(23)15-24-14-19-4-3-13-25-19/h5-8,17,19H,3-4,9-15H2,1-2H3/t17-,19-/m0/s1. The Labute approximate surface area is 150 Å². The van der Waals surface area contributed by atoms with E-state index in [0.29, 0.717) is 12.6 Å². The van der Waals surface area contributed by atoms with Crippen LogP contribution in [-0.4, -0.2) is 67.8 Å². The second-order valence-electron chi connectivity index (χ2n) is 7.15. The van der Waals surface area contributed by atoms with Crippen LogP contribution in [-0.2, 0) is 14.3 Å². The molecule has 138 valence electrons. The fourth-order valence-electron chi connectivity index (χ4n) is 3.56. The highest BCUT2D eigenvalue weighted by atomic mass is 16.5. The number of amides is 1. The molecule has 1 aromatic carbocycles. The predicted molar refractivity (Wildman–Crippen MR) is 97.5 cm³/mol. The number of aryl methyl sites for hydroxylation is 1. The Morgan fingerprint density at radius 1 is 1.24 bits per heavy atom. The third kappa shape index (κ3) is 5.03. The molecule has 5 nitrogen and oxygen atoms in total. The fraction of sp³-hybridized carbons (Fsp3) is 0.650. The van der Waals surface area contributed by atoms with Crippen LogP contribution in [0.15, 0.2) is 24.3 Å². The molecular weight excluding hydrogens is 316 g/mol. The quantitative estimate of drug-likeness (QED) is 0.793. The first kappa shape index (κ1) is 18.4. The van der Waals surface area contributed by atoms with E-state index in [9.17, 15) is 4.79 Å². The zero-order valence-electron chi connectivity index (χ0n) is 15.4. The lowest BCUT2D eigenvalue weighted by Crippen LogP contribution is -2.50. The van der Waals surface area contributed by atoms with Gasteiger partial charge in [-0.3, -0.25) is 9.69 Å². The minimum atomic E-state index is 0.0978. The topological polar surface area (TPSA) is 42.0 Å². The molecule has 2 heterocycles. The predicted octanol–water partition coefficient (Wildman–Crippen LogP) is 2.40. The average molecular weight is 346 g/mol. The van der Waals surface area contributed by atoms with Gasteiger partial charge >= 0.3 is 0 Å². The molecule has 2 fully saturated rings. The molecule has 0 N–H and O–H groups in total. The highest BCUT2D eigenvalue weighted by Crippen LogP contribution is 2.22. The summed E-state index contributed by atoms with van der Waals surface area (Å²) in [6.07, 6.45) is 2.33. The summed E-state index contributed by atoms with van der Waals surface area (Å²) < 4.78 is 11.1. The molecule has 2 aliphatic rings. The van der Waals surface area contributed by atoms with Crippen molar-refractivity contribution < 1.29 is 14.3 Å². The van der Waals surface area contributed by atoms with E-state index < -0.39 is 0 Å². The molecule has 0 aromatic heterocycles. The Balaban J connectivity index is 1.40. The molecule has 5 heteroatoms. The molecule has 1 amide bonds. The van der Waals surface area contributed by atoms with Crippen LogP contribution in [0.3, 0.4) is 0 Å². The number of benzene rings is 1. The van der Waals surface area contributed by atoms with Gasteiger partial charge in [-0.15, -0.1) is 0 Å². The first-order chi connectivity index (χ1) is 12.1. The van der Waals surface area contributed by atoms with Crippen molar-refractivity contribution in [3.8, 4) is 0 Å². The maximum absolute atomic E-state index is 12.3. The normalized spacial score (nSPS) is 23.0. The summed E-state index contributed by atoms with van der Waals surface area (Å²) in [5, 5.41) is 0. The number of carbonyl (C=O) groups excluding carboxylic acids is 1. The summed E-state index contributed by atoms with van der Waals surface area (Å²) in [4.78, 5) is 16.7. The van der Waals surface area contributed by atoms with E-state index in [1.807, 2.05) is 4.90 Å². The van der Waals surface area contributed by atoms with Crippen LogP contribution >= 0.6 is 0 Å². The van der Waals surface area contributed by atoms with Gasteiger partial charge in [-0.1, -0.05) is 29.8 Å². The molecule has 3 rings (SSSR count). The van der Waals surface area contributed by atoms with Gasteiger partial charge in [0, 0.05) is 38.8 Å². The zero-order chi connectivity index (χ0) is 17.6. The van der Waals surface area contributed by atoms with Crippen LogP contribution in [0.4, 0.5) is 0 Å². The van der Waals surface area contributed by atoms with Crippen molar-refractivity contribution in [3.05, 3.63) is 35.4 Å². The maximum atomic E-state index is 12.3. The Kier molecular flexibility index (Phi) is 6.45. The molecule has 2 saturated heterocycles. The first-order valence-electron chi connectivity index (χ1n) is 9.41. The van der Waals surface area contributed by atoms with E-state index in [1.54, 1.807) is 0 Å². The van der Waals surface area contributed by atoms with Gasteiger partial charge in [0.15, 0.2) is 0 Å². The second kappa shape index (κ2) is 8.79. The molecular formula is C20H30N2O3. The van der Waals surface area contributed by atoms with Gasteiger partial charge in [0.05, 0.1) is 12.7 Å². The highest BCUT2D eigenvalue weighted by molar-refractivity contribution is 5.77. The molecule has 0 bridgehead atoms. The summed E-state index contributed by atoms with van der Waals surface area (Å²) in [5.74, 6) is 0.0978. The van der Waals surface area contributed by atoms with E-state index in [0.717, 1.165) is 45.6 Å². The molecule has 0 unspecified atom stereocenters. The van der Waals surface area contributed by atoms with Crippen molar-refractivity contribution in [1.82, 2.24) is 9.80 Å². The Morgan fingerprint density at radius 3 is 2.60 bits per heavy atom. The number of piperazine rings is 1. The SMILES string of the molecule is Cc1ccc([C@H](C)N2CCN(C(=O)COC[C@@H]3CCCO3)CC2)cc1. The van der Waals surface area contributed by atoms with E-state index in [-0.39, 0.29) is 18.6 Å². The van der Waals surface area contributed by atoms with Crippen LogP contribution < -0.4 is 0 Å². The molecule has 2 aliphatic heterocycles. The Morgan fingerprint density at radius 2 is 1.96 bits per heavy atom. The highest BCUT2D eigenvalue weighted by Gasteiger charge is 2.25. The molecule has 0 radical (unpaired) electrons. The fourth-order valence-corrected chi connectivity index (χ4v) is 3.56. The molecule has 0 aliphatic carbocycles. The average Bonchev–Trinajstić information content (AvgIpc) is 3.15. The van der Waals surface area contributed by atoms with Gasteiger partial charge in [-0.2, -0.15) is 0 Å². The molecule has 0 spiro atoms. The lowest BCUT2D eigenvalue weighted by molar-refractivity contribution is -0.139. The van der Waals surface area contributed by atoms with Gasteiger partial charge in [0.25, 0.3) is 0 Å². The smallest absolute Gasteiger partial charge is 0.248 e. The van der Waals surface area contributed by atoms with E-state index in [2.05, 4.69) is 43.0 Å². The van der Waals surface area contributed by atoms with Gasteiger partial charge < -0.3 is 14.4 Å². The van der Waals surface area contributed by atoms with E-state index >= 15 is 0 Å². The van der Waals surface area contributed by atoms with E-state index in [1.165, 1.54) is 11.1 Å². The largest absolute Gasteiger partial charge is 0.376 e. The number of hydrogen-bond acceptors (Lipinski definition) is 4. The maximum Gasteiger partial charge on any atom is 0.248 e. The van der Waals surface area contributed by atoms with Crippen LogP contribution in [0.1, 0.15) is 36.9 Å². The van der Waals surface area contributed by atoms with Crippen molar-refractivity contribution in [2.24, 2.45) is 0 Å². The minimum absolute atomic E-state index is 0.0978. The molecule has 2 atom stereocenters. The second-order valence-corrected chi connectivity index (χ2v) is 7.15. The van der Waals surface area contributed by atoms with Crippen LogP contribution in [0, 0.1) is 6.92 Å². The third-order valence-electron chi connectivity index (χ3n) is 5.33. The number of nitrogens with zero attached hydrogens (tertiary/aromatic N) is 2. The van der Waals surface area contributed by atoms with Crippen molar-refractivity contribution in [1.29, 1.82) is 0 Å². The first-order valence-corrected chi connectivity index (χ1v) is 9.41. The van der Waals surface area contributed by atoms with Gasteiger partial charge in [-0.05, 0) is 32.3 Å². The summed E-state index contributed by atoms with van der Waals surface area (Å²) in [5.41, 5.74) is 2.62. The van der Waals surface area contributed by atoms with Crippen molar-refractivity contribution in [2.45, 2.75) is 38.8 Å². The van der Waals surface area contributed by atoms with Crippen LogP contribution in [0.2, 0.25) is 0 Å². The number of ether oxygens (including phenoxy) is 2. The van der Waals surface area contributed by atoms with Gasteiger partial charge in [0.2, 0.25) is 5.91 Å². The number of rotatable bonds is 6. The zero-order valence-corrected chi connectivity index (χ0v) is 15.4. The van der Waals surface area contributed by atoms with Crippen molar-refractivity contribution >= 4 is 5.91 Å². The third-order valence-corrected chi connectivity index (χ3v) is 5.33. The summed E-state index contributed by atoms with van der Waals surface area (Å²) >= 11 is 0.